The van der Waals surface area contributed by atoms with Gasteiger partial charge in [0.25, 0.3) is 5.89 Å². The van der Waals surface area contributed by atoms with Crippen LogP contribution in [0, 0.1) is 13.8 Å². The first-order valence-corrected chi connectivity index (χ1v) is 6.55. The van der Waals surface area contributed by atoms with Gasteiger partial charge in [0, 0.05) is 6.54 Å². The van der Waals surface area contributed by atoms with Gasteiger partial charge >= 0.3 is 0 Å². The molecule has 0 atom stereocenters. The predicted octanol–water partition coefficient (Wildman–Crippen LogP) is 2.15. The Balaban J connectivity index is 2.08. The van der Waals surface area contributed by atoms with Crippen LogP contribution in [0.25, 0.3) is 11.5 Å². The van der Waals surface area contributed by atoms with Crippen molar-refractivity contribution in [1.29, 1.82) is 0 Å². The fraction of sp³-hybridized carbons (Fsp3) is 0.571. The molecule has 0 fully saturated rings. The van der Waals surface area contributed by atoms with E-state index in [-0.39, 0.29) is 0 Å². The quantitative estimate of drug-likeness (QED) is 0.903. The molecule has 1 N–H and O–H groups in total. The normalized spacial score (nSPS) is 12.3. The molecule has 0 bridgehead atoms. The Morgan fingerprint density at radius 3 is 2.50 bits per heavy atom. The zero-order chi connectivity index (χ0) is 14.9. The standard InChI is InChI=1S/C14H21N3O3/c1-9-6-11(10(2)19-9)13-16-15-12(20-13)7-17(5)8-14(3,4)18/h6,18H,7-8H2,1-5H3. The second-order valence-electron chi connectivity index (χ2n) is 5.81. The number of likely N-dealkylation sites (N-methyl/N-ethyl adjacent to an activating group) is 1. The molecule has 2 aromatic heterocycles. The zero-order valence-corrected chi connectivity index (χ0v) is 12.6. The summed E-state index contributed by atoms with van der Waals surface area (Å²) in [5, 5.41) is 17.8. The van der Waals surface area contributed by atoms with Gasteiger partial charge in [0.1, 0.15) is 11.5 Å². The third-order valence-electron chi connectivity index (χ3n) is 2.80. The molecule has 2 rings (SSSR count). The molecule has 0 radical (unpaired) electrons. The minimum absolute atomic E-state index is 0.464. The van der Waals surface area contributed by atoms with E-state index in [0.717, 1.165) is 17.1 Å². The zero-order valence-electron chi connectivity index (χ0n) is 12.6. The summed E-state index contributed by atoms with van der Waals surface area (Å²) in [6.07, 6.45) is 0. The number of nitrogens with zero attached hydrogens (tertiary/aromatic N) is 3. The second-order valence-corrected chi connectivity index (χ2v) is 5.81. The Morgan fingerprint density at radius 2 is 1.95 bits per heavy atom. The molecular weight excluding hydrogens is 258 g/mol. The van der Waals surface area contributed by atoms with Crippen molar-refractivity contribution >= 4 is 0 Å². The lowest BCUT2D eigenvalue weighted by Crippen LogP contribution is -2.35. The van der Waals surface area contributed by atoms with E-state index >= 15 is 0 Å². The Kier molecular flexibility index (Phi) is 3.96. The maximum Gasteiger partial charge on any atom is 0.251 e. The third kappa shape index (κ3) is 3.68. The first-order chi connectivity index (χ1) is 9.24. The lowest BCUT2D eigenvalue weighted by molar-refractivity contribution is 0.0403. The SMILES string of the molecule is Cc1cc(-c2nnc(CN(C)CC(C)(C)O)o2)c(C)o1. The topological polar surface area (TPSA) is 75.5 Å². The van der Waals surface area contributed by atoms with Crippen molar-refractivity contribution in [3.63, 3.8) is 0 Å². The van der Waals surface area contributed by atoms with Gasteiger partial charge in [-0.3, -0.25) is 4.90 Å². The van der Waals surface area contributed by atoms with Crippen LogP contribution in [0.5, 0.6) is 0 Å². The largest absolute Gasteiger partial charge is 0.466 e. The lowest BCUT2D eigenvalue weighted by atomic mass is 10.1. The molecule has 2 heterocycles. The van der Waals surface area contributed by atoms with Crippen molar-refractivity contribution in [2.24, 2.45) is 0 Å². The summed E-state index contributed by atoms with van der Waals surface area (Å²) < 4.78 is 11.1. The molecule has 0 aromatic carbocycles. The van der Waals surface area contributed by atoms with Gasteiger partial charge in [0.2, 0.25) is 5.89 Å². The van der Waals surface area contributed by atoms with Crippen LogP contribution in [0.1, 0.15) is 31.3 Å². The van der Waals surface area contributed by atoms with Crippen LogP contribution in [0.4, 0.5) is 0 Å². The van der Waals surface area contributed by atoms with Crippen LogP contribution in [0.2, 0.25) is 0 Å². The Hall–Kier alpha value is -1.66. The van der Waals surface area contributed by atoms with E-state index in [9.17, 15) is 5.11 Å². The maximum absolute atomic E-state index is 9.77. The van der Waals surface area contributed by atoms with Crippen LogP contribution >= 0.6 is 0 Å². The van der Waals surface area contributed by atoms with Crippen LogP contribution < -0.4 is 0 Å². The van der Waals surface area contributed by atoms with Crippen molar-refractivity contribution in [3.05, 3.63) is 23.5 Å². The smallest absolute Gasteiger partial charge is 0.251 e. The number of aliphatic hydroxyl groups is 1. The Labute approximate surface area is 118 Å². The highest BCUT2D eigenvalue weighted by Crippen LogP contribution is 2.25. The summed E-state index contributed by atoms with van der Waals surface area (Å²) >= 11 is 0. The van der Waals surface area contributed by atoms with Crippen molar-refractivity contribution in [2.75, 3.05) is 13.6 Å². The van der Waals surface area contributed by atoms with Crippen molar-refractivity contribution in [2.45, 2.75) is 39.8 Å². The maximum atomic E-state index is 9.77. The van der Waals surface area contributed by atoms with Crippen molar-refractivity contribution in [3.8, 4) is 11.5 Å². The van der Waals surface area contributed by atoms with Crippen LogP contribution in [-0.2, 0) is 6.54 Å². The van der Waals surface area contributed by atoms with Crippen molar-refractivity contribution < 1.29 is 13.9 Å². The van der Waals surface area contributed by atoms with Crippen LogP contribution in [-0.4, -0.2) is 39.4 Å². The molecule has 0 unspecified atom stereocenters. The first kappa shape index (κ1) is 14.7. The van der Waals surface area contributed by atoms with E-state index in [1.807, 2.05) is 31.9 Å². The number of hydrogen-bond acceptors (Lipinski definition) is 6. The number of aryl methyl sites for hydroxylation is 2. The van der Waals surface area contributed by atoms with Gasteiger partial charge in [-0.2, -0.15) is 0 Å². The highest BCUT2D eigenvalue weighted by molar-refractivity contribution is 5.55. The molecule has 6 heteroatoms. The number of rotatable bonds is 5. The van der Waals surface area contributed by atoms with Crippen LogP contribution in [0.15, 0.2) is 14.9 Å². The second kappa shape index (κ2) is 5.38. The molecule has 0 aliphatic carbocycles. The van der Waals surface area contributed by atoms with E-state index in [1.165, 1.54) is 0 Å². The number of aromatic nitrogens is 2. The molecule has 0 aliphatic heterocycles. The van der Waals surface area contributed by atoms with Gasteiger partial charge in [-0.15, -0.1) is 10.2 Å². The summed E-state index contributed by atoms with van der Waals surface area (Å²) in [5.41, 5.74) is 0.0713. The molecule has 0 aliphatic rings. The van der Waals surface area contributed by atoms with E-state index in [0.29, 0.717) is 24.9 Å². The average Bonchev–Trinajstić information content (AvgIpc) is 2.82. The van der Waals surface area contributed by atoms with Gasteiger partial charge in [0.05, 0.1) is 17.7 Å². The van der Waals surface area contributed by atoms with E-state index in [4.69, 9.17) is 8.83 Å². The molecule has 20 heavy (non-hydrogen) atoms. The molecular formula is C14H21N3O3. The highest BCUT2D eigenvalue weighted by Gasteiger charge is 2.19. The Morgan fingerprint density at radius 1 is 1.25 bits per heavy atom. The van der Waals surface area contributed by atoms with Gasteiger partial charge < -0.3 is 13.9 Å². The Bertz CT molecular complexity index is 581. The third-order valence-corrected chi connectivity index (χ3v) is 2.80. The van der Waals surface area contributed by atoms with Gasteiger partial charge in [0.15, 0.2) is 0 Å². The predicted molar refractivity (Wildman–Crippen MR) is 74.1 cm³/mol. The summed E-state index contributed by atoms with van der Waals surface area (Å²) in [6, 6.07) is 1.88. The molecule has 110 valence electrons. The van der Waals surface area contributed by atoms with E-state index in [1.54, 1.807) is 13.8 Å². The lowest BCUT2D eigenvalue weighted by Gasteiger charge is -2.23. The molecule has 2 aromatic rings. The van der Waals surface area contributed by atoms with Gasteiger partial charge in [-0.25, -0.2) is 0 Å². The van der Waals surface area contributed by atoms with Crippen molar-refractivity contribution in [1.82, 2.24) is 15.1 Å². The molecule has 0 spiro atoms. The minimum atomic E-state index is -0.754. The van der Waals surface area contributed by atoms with Gasteiger partial charge in [-0.1, -0.05) is 0 Å². The summed E-state index contributed by atoms with van der Waals surface area (Å²) in [6.45, 7) is 8.29. The fourth-order valence-electron chi connectivity index (χ4n) is 2.22. The minimum Gasteiger partial charge on any atom is -0.466 e. The monoisotopic (exact) mass is 279 g/mol. The molecule has 0 saturated heterocycles. The van der Waals surface area contributed by atoms with E-state index in [2.05, 4.69) is 10.2 Å². The number of furan rings is 1. The molecule has 0 saturated carbocycles. The van der Waals surface area contributed by atoms with Crippen LogP contribution in [0.3, 0.4) is 0 Å². The highest BCUT2D eigenvalue weighted by atomic mass is 16.4. The summed E-state index contributed by atoms with van der Waals surface area (Å²) in [4.78, 5) is 1.94. The summed E-state index contributed by atoms with van der Waals surface area (Å²) in [5.74, 6) is 2.56. The number of hydrogen-bond donors (Lipinski definition) is 1. The first-order valence-electron chi connectivity index (χ1n) is 6.55. The molecule has 6 nitrogen and oxygen atoms in total. The van der Waals surface area contributed by atoms with E-state index < -0.39 is 5.60 Å². The fourth-order valence-corrected chi connectivity index (χ4v) is 2.22. The molecule has 0 amide bonds. The summed E-state index contributed by atoms with van der Waals surface area (Å²) in [7, 11) is 1.90. The van der Waals surface area contributed by atoms with Gasteiger partial charge in [-0.05, 0) is 40.8 Å². The average molecular weight is 279 g/mol.